The van der Waals surface area contributed by atoms with Crippen LogP contribution in [0.15, 0.2) is 53.2 Å². The minimum absolute atomic E-state index is 0.273. The Balaban J connectivity index is 1.82. The number of rotatable bonds is 3. The number of aromatic nitrogens is 3. The molecule has 3 heterocycles. The second-order valence-corrected chi connectivity index (χ2v) is 7.01. The summed E-state index contributed by atoms with van der Waals surface area (Å²) in [5.41, 5.74) is 6.20. The minimum Gasteiger partial charge on any atom is -0.496 e. The monoisotopic (exact) mass is 387 g/mol. The summed E-state index contributed by atoms with van der Waals surface area (Å²) < 4.78 is 24.5. The average molecular weight is 387 g/mol. The summed E-state index contributed by atoms with van der Waals surface area (Å²) >= 11 is 0. The maximum atomic E-state index is 13.4. The number of halogens is 1. The van der Waals surface area contributed by atoms with Crippen LogP contribution in [0.5, 0.6) is 5.75 Å². The van der Waals surface area contributed by atoms with Crippen molar-refractivity contribution in [3.8, 4) is 28.1 Å². The molecule has 0 saturated heterocycles. The normalized spacial score (nSPS) is 11.4. The van der Waals surface area contributed by atoms with Crippen LogP contribution in [-0.2, 0) is 0 Å². The van der Waals surface area contributed by atoms with Crippen LogP contribution in [0.2, 0.25) is 0 Å². The molecule has 0 unspecified atom stereocenters. The Morgan fingerprint density at radius 3 is 2.52 bits per heavy atom. The molecule has 0 fully saturated rings. The van der Waals surface area contributed by atoms with E-state index in [4.69, 9.17) is 9.26 Å². The van der Waals surface area contributed by atoms with E-state index in [2.05, 4.69) is 21.2 Å². The topological polar surface area (TPSA) is 63.9 Å². The van der Waals surface area contributed by atoms with Gasteiger partial charge in [0.25, 0.3) is 0 Å². The first kappa shape index (κ1) is 17.4. The van der Waals surface area contributed by atoms with Crippen molar-refractivity contribution in [1.29, 1.82) is 0 Å². The number of H-pyrrole nitrogens is 1. The van der Waals surface area contributed by atoms with Gasteiger partial charge in [0.05, 0.1) is 29.6 Å². The van der Waals surface area contributed by atoms with E-state index >= 15 is 0 Å². The van der Waals surface area contributed by atoms with Crippen molar-refractivity contribution in [1.82, 2.24) is 15.1 Å². The highest BCUT2D eigenvalue weighted by Crippen LogP contribution is 2.41. The largest absolute Gasteiger partial charge is 0.496 e. The molecule has 0 saturated carbocycles. The maximum absolute atomic E-state index is 13.4. The molecule has 1 N–H and O–H groups in total. The molecule has 0 radical (unpaired) electrons. The molecular formula is C23H18FN3O2. The van der Waals surface area contributed by atoms with Crippen molar-refractivity contribution in [2.75, 3.05) is 7.11 Å². The second-order valence-electron chi connectivity index (χ2n) is 7.01. The summed E-state index contributed by atoms with van der Waals surface area (Å²) in [6.07, 6.45) is 1.75. The lowest BCUT2D eigenvalue weighted by Crippen LogP contribution is -1.90. The van der Waals surface area contributed by atoms with Crippen LogP contribution in [0.1, 0.15) is 11.5 Å². The van der Waals surface area contributed by atoms with E-state index in [9.17, 15) is 4.39 Å². The number of nitrogens with zero attached hydrogens (tertiary/aromatic N) is 2. The Bertz CT molecular complexity index is 1350. The fourth-order valence-electron chi connectivity index (χ4n) is 3.93. The first-order valence-electron chi connectivity index (χ1n) is 9.24. The molecule has 5 aromatic rings. The highest BCUT2D eigenvalue weighted by atomic mass is 19.1. The molecule has 0 aliphatic rings. The minimum atomic E-state index is -0.273. The maximum Gasteiger partial charge on any atom is 0.141 e. The number of nitrogens with one attached hydrogen (secondary N) is 1. The average Bonchev–Trinajstić information content (AvgIpc) is 3.26. The van der Waals surface area contributed by atoms with Crippen molar-refractivity contribution in [2.24, 2.45) is 0 Å². The molecule has 3 aromatic heterocycles. The number of ether oxygens (including phenoxy) is 1. The van der Waals surface area contributed by atoms with Gasteiger partial charge in [0.2, 0.25) is 0 Å². The molecule has 0 aliphatic carbocycles. The zero-order valence-corrected chi connectivity index (χ0v) is 16.2. The molecule has 29 heavy (non-hydrogen) atoms. The Morgan fingerprint density at radius 1 is 1.03 bits per heavy atom. The Kier molecular flexibility index (Phi) is 3.87. The van der Waals surface area contributed by atoms with E-state index < -0.39 is 0 Å². The van der Waals surface area contributed by atoms with E-state index in [1.807, 2.05) is 26.0 Å². The fourth-order valence-corrected chi connectivity index (χ4v) is 3.93. The van der Waals surface area contributed by atoms with Crippen LogP contribution in [-0.4, -0.2) is 22.2 Å². The van der Waals surface area contributed by atoms with Gasteiger partial charge >= 0.3 is 0 Å². The third-order valence-electron chi connectivity index (χ3n) is 5.25. The first-order valence-corrected chi connectivity index (χ1v) is 9.24. The van der Waals surface area contributed by atoms with Gasteiger partial charge in [0, 0.05) is 33.6 Å². The van der Waals surface area contributed by atoms with E-state index in [-0.39, 0.29) is 5.82 Å². The summed E-state index contributed by atoms with van der Waals surface area (Å²) in [5.74, 6) is 1.19. The van der Waals surface area contributed by atoms with E-state index in [0.717, 1.165) is 61.4 Å². The van der Waals surface area contributed by atoms with Gasteiger partial charge in [0.1, 0.15) is 17.3 Å². The molecule has 0 bridgehead atoms. The van der Waals surface area contributed by atoms with Gasteiger partial charge in [-0.1, -0.05) is 5.16 Å². The summed E-state index contributed by atoms with van der Waals surface area (Å²) in [5, 5.41) is 6.03. The summed E-state index contributed by atoms with van der Waals surface area (Å²) in [6, 6.07) is 12.4. The number of methoxy groups -OCH3 is 1. The first-order chi connectivity index (χ1) is 14.1. The molecule has 0 spiro atoms. The quantitative estimate of drug-likeness (QED) is 0.425. The van der Waals surface area contributed by atoms with Crippen molar-refractivity contribution < 1.29 is 13.7 Å². The SMILES string of the molecule is COc1cc2c(cc1-c1c(C)noc1C)[nH]c1ccnc(-c3ccc(F)cc3)c12. The van der Waals surface area contributed by atoms with Crippen LogP contribution >= 0.6 is 0 Å². The zero-order valence-electron chi connectivity index (χ0n) is 16.2. The van der Waals surface area contributed by atoms with Gasteiger partial charge in [-0.05, 0) is 56.3 Å². The van der Waals surface area contributed by atoms with Gasteiger partial charge in [0.15, 0.2) is 0 Å². The van der Waals surface area contributed by atoms with Crippen LogP contribution < -0.4 is 4.74 Å². The number of hydrogen-bond donors (Lipinski definition) is 1. The summed E-state index contributed by atoms with van der Waals surface area (Å²) in [4.78, 5) is 8.05. The lowest BCUT2D eigenvalue weighted by atomic mass is 9.99. The van der Waals surface area contributed by atoms with Gasteiger partial charge in [-0.2, -0.15) is 0 Å². The number of benzene rings is 2. The van der Waals surface area contributed by atoms with Crippen LogP contribution in [0, 0.1) is 19.7 Å². The lowest BCUT2D eigenvalue weighted by Gasteiger charge is -2.09. The number of aryl methyl sites for hydroxylation is 2. The highest BCUT2D eigenvalue weighted by Gasteiger charge is 2.20. The predicted octanol–water partition coefficient (Wildman–Crippen LogP) is 5.80. The number of hydrogen-bond acceptors (Lipinski definition) is 4. The predicted molar refractivity (Wildman–Crippen MR) is 111 cm³/mol. The molecule has 5 rings (SSSR count). The smallest absolute Gasteiger partial charge is 0.141 e. The third kappa shape index (κ3) is 2.68. The van der Waals surface area contributed by atoms with Gasteiger partial charge in [-0.25, -0.2) is 4.39 Å². The fraction of sp³-hybridized carbons (Fsp3) is 0.130. The summed E-state index contributed by atoms with van der Waals surface area (Å²) in [6.45, 7) is 3.80. The molecule has 6 heteroatoms. The Labute approximate surface area is 166 Å². The van der Waals surface area contributed by atoms with Crippen LogP contribution in [0.3, 0.4) is 0 Å². The van der Waals surface area contributed by atoms with Crippen LogP contribution in [0.25, 0.3) is 44.2 Å². The lowest BCUT2D eigenvalue weighted by molar-refractivity contribution is 0.393. The molecular weight excluding hydrogens is 369 g/mol. The standard InChI is InChI=1S/C23H18FN3O2/c1-12-21(13(2)29-27-12)17-10-19-16(11-20(17)28-3)22-18(26-19)8-9-25-23(22)14-4-6-15(24)7-5-14/h4-11,26H,1-3H3. The Hall–Kier alpha value is -3.67. The number of fused-ring (bicyclic) bond motifs is 3. The van der Waals surface area contributed by atoms with Crippen molar-refractivity contribution in [3.05, 3.63) is 65.9 Å². The van der Waals surface area contributed by atoms with Crippen molar-refractivity contribution in [2.45, 2.75) is 13.8 Å². The number of aromatic amines is 1. The van der Waals surface area contributed by atoms with Crippen molar-refractivity contribution in [3.63, 3.8) is 0 Å². The summed E-state index contributed by atoms with van der Waals surface area (Å²) in [7, 11) is 1.65. The molecule has 0 aliphatic heterocycles. The third-order valence-corrected chi connectivity index (χ3v) is 5.25. The van der Waals surface area contributed by atoms with E-state index in [0.29, 0.717) is 0 Å². The Morgan fingerprint density at radius 2 is 1.83 bits per heavy atom. The number of pyridine rings is 1. The van der Waals surface area contributed by atoms with Gasteiger partial charge < -0.3 is 14.2 Å². The molecule has 0 amide bonds. The highest BCUT2D eigenvalue weighted by molar-refractivity contribution is 6.14. The van der Waals surface area contributed by atoms with E-state index in [1.165, 1.54) is 12.1 Å². The molecule has 5 nitrogen and oxygen atoms in total. The molecule has 0 atom stereocenters. The van der Waals surface area contributed by atoms with Crippen LogP contribution in [0.4, 0.5) is 4.39 Å². The van der Waals surface area contributed by atoms with Gasteiger partial charge in [-0.3, -0.25) is 4.98 Å². The molecule has 2 aromatic carbocycles. The zero-order chi connectivity index (χ0) is 20.1. The van der Waals surface area contributed by atoms with Gasteiger partial charge in [-0.15, -0.1) is 0 Å². The molecule has 144 valence electrons. The van der Waals surface area contributed by atoms with E-state index in [1.54, 1.807) is 25.4 Å². The van der Waals surface area contributed by atoms with Crippen molar-refractivity contribution >= 4 is 21.8 Å². The second kappa shape index (κ2) is 6.44.